The van der Waals surface area contributed by atoms with E-state index in [1.54, 1.807) is 49.1 Å². The predicted molar refractivity (Wildman–Crippen MR) is 97.4 cm³/mol. The fraction of sp³-hybridized carbons (Fsp3) is 0.0556. The van der Waals surface area contributed by atoms with Crippen molar-refractivity contribution in [2.24, 2.45) is 0 Å². The third kappa shape index (κ3) is 3.65. The summed E-state index contributed by atoms with van der Waals surface area (Å²) in [4.78, 5) is 29.5. The second-order valence-corrected chi connectivity index (χ2v) is 6.26. The molecule has 7 nitrogen and oxygen atoms in total. The number of nitrogens with zero attached hydrogens (tertiary/aromatic N) is 4. The molecule has 0 bridgehead atoms. The average molecular weight is 363 g/mol. The van der Waals surface area contributed by atoms with Crippen LogP contribution in [0.3, 0.4) is 0 Å². The molecular weight excluding hydrogens is 350 g/mol. The molecule has 0 unspecified atom stereocenters. The zero-order valence-corrected chi connectivity index (χ0v) is 14.3. The second-order valence-electron chi connectivity index (χ2n) is 5.36. The van der Waals surface area contributed by atoms with E-state index in [2.05, 4.69) is 25.3 Å². The van der Waals surface area contributed by atoms with Crippen molar-refractivity contribution in [3.63, 3.8) is 0 Å². The molecule has 128 valence electrons. The SMILES string of the molecule is O=C(Cc1cccnc1)Nc1cc(-c2nccs2)nc(-c2ccco2)n1. The maximum absolute atomic E-state index is 12.3. The van der Waals surface area contributed by atoms with Crippen molar-refractivity contribution in [1.29, 1.82) is 0 Å². The third-order valence-corrected chi connectivity index (χ3v) is 4.27. The van der Waals surface area contributed by atoms with E-state index in [0.29, 0.717) is 23.1 Å². The smallest absolute Gasteiger partial charge is 0.230 e. The highest BCUT2D eigenvalue weighted by molar-refractivity contribution is 7.13. The molecule has 0 aliphatic carbocycles. The maximum Gasteiger partial charge on any atom is 0.230 e. The number of rotatable bonds is 5. The van der Waals surface area contributed by atoms with Crippen LogP contribution in [0.1, 0.15) is 5.56 Å². The van der Waals surface area contributed by atoms with E-state index in [4.69, 9.17) is 4.42 Å². The Labute approximate surface area is 152 Å². The summed E-state index contributed by atoms with van der Waals surface area (Å²) in [5.41, 5.74) is 1.45. The van der Waals surface area contributed by atoms with E-state index in [0.717, 1.165) is 10.6 Å². The summed E-state index contributed by atoms with van der Waals surface area (Å²) in [6.07, 6.45) is 6.79. The minimum atomic E-state index is -0.188. The van der Waals surface area contributed by atoms with Crippen LogP contribution in [0, 0.1) is 0 Å². The van der Waals surface area contributed by atoms with Crippen LogP contribution < -0.4 is 5.32 Å². The first-order chi connectivity index (χ1) is 12.8. The summed E-state index contributed by atoms with van der Waals surface area (Å²) in [5, 5.41) is 5.42. The Balaban J connectivity index is 1.63. The predicted octanol–water partition coefficient (Wildman–Crippen LogP) is 3.44. The van der Waals surface area contributed by atoms with Crippen LogP contribution in [-0.2, 0) is 11.2 Å². The van der Waals surface area contributed by atoms with E-state index >= 15 is 0 Å². The second kappa shape index (κ2) is 7.24. The van der Waals surface area contributed by atoms with Gasteiger partial charge < -0.3 is 9.73 Å². The normalized spacial score (nSPS) is 10.6. The van der Waals surface area contributed by atoms with Crippen LogP contribution in [0.5, 0.6) is 0 Å². The zero-order chi connectivity index (χ0) is 17.8. The summed E-state index contributed by atoms with van der Waals surface area (Å²) >= 11 is 1.46. The molecule has 0 saturated carbocycles. The summed E-state index contributed by atoms with van der Waals surface area (Å²) in [7, 11) is 0. The monoisotopic (exact) mass is 363 g/mol. The van der Waals surface area contributed by atoms with Gasteiger partial charge in [-0.1, -0.05) is 6.07 Å². The number of furan rings is 1. The van der Waals surface area contributed by atoms with Crippen LogP contribution >= 0.6 is 11.3 Å². The minimum absolute atomic E-state index is 0.188. The number of anilines is 1. The Hall–Kier alpha value is -3.39. The highest BCUT2D eigenvalue weighted by atomic mass is 32.1. The number of amides is 1. The molecule has 1 amide bonds. The first kappa shape index (κ1) is 16.1. The lowest BCUT2D eigenvalue weighted by atomic mass is 10.2. The van der Waals surface area contributed by atoms with Gasteiger partial charge in [-0.05, 0) is 23.8 Å². The molecule has 4 aromatic rings. The Morgan fingerprint density at radius 2 is 2.15 bits per heavy atom. The molecule has 0 aromatic carbocycles. The number of hydrogen-bond acceptors (Lipinski definition) is 7. The summed E-state index contributed by atoms with van der Waals surface area (Å²) in [6, 6.07) is 8.87. The Bertz CT molecular complexity index is 949. The molecule has 0 fully saturated rings. The summed E-state index contributed by atoms with van der Waals surface area (Å²) in [5.74, 6) is 1.11. The number of nitrogens with one attached hydrogen (secondary N) is 1. The molecule has 4 aromatic heterocycles. The number of pyridine rings is 1. The van der Waals surface area contributed by atoms with Crippen molar-refractivity contribution in [3.8, 4) is 22.3 Å². The van der Waals surface area contributed by atoms with Crippen molar-refractivity contribution in [3.05, 3.63) is 66.1 Å². The quantitative estimate of drug-likeness (QED) is 0.584. The zero-order valence-electron chi connectivity index (χ0n) is 13.5. The standard InChI is InChI=1S/C18H13N5O2S/c24-16(9-12-3-1-5-19-11-12)22-15-10-13(18-20-6-8-26-18)21-17(23-15)14-4-2-7-25-14/h1-8,10-11H,9H2,(H,21,22,23,24). The molecule has 0 saturated heterocycles. The molecule has 26 heavy (non-hydrogen) atoms. The molecule has 0 atom stereocenters. The fourth-order valence-corrected chi connectivity index (χ4v) is 2.96. The summed E-state index contributed by atoms with van der Waals surface area (Å²) < 4.78 is 5.38. The van der Waals surface area contributed by atoms with E-state index in [1.807, 2.05) is 11.4 Å². The maximum atomic E-state index is 12.3. The molecule has 0 radical (unpaired) electrons. The van der Waals surface area contributed by atoms with Crippen molar-refractivity contribution in [1.82, 2.24) is 19.9 Å². The number of hydrogen-bond donors (Lipinski definition) is 1. The van der Waals surface area contributed by atoms with Gasteiger partial charge in [0.25, 0.3) is 0 Å². The molecule has 1 N–H and O–H groups in total. The first-order valence-corrected chi connectivity index (χ1v) is 8.67. The number of carbonyl (C=O) groups excluding carboxylic acids is 1. The minimum Gasteiger partial charge on any atom is -0.461 e. The number of thiazole rings is 1. The van der Waals surface area contributed by atoms with Gasteiger partial charge in [-0.15, -0.1) is 11.3 Å². The van der Waals surface area contributed by atoms with Crippen molar-refractivity contribution in [2.45, 2.75) is 6.42 Å². The fourth-order valence-electron chi connectivity index (χ4n) is 2.36. The van der Waals surface area contributed by atoms with Gasteiger partial charge in [0, 0.05) is 30.0 Å². The van der Waals surface area contributed by atoms with Crippen LogP contribution in [-0.4, -0.2) is 25.8 Å². The van der Waals surface area contributed by atoms with Gasteiger partial charge in [-0.2, -0.15) is 0 Å². The molecule has 0 spiro atoms. The van der Waals surface area contributed by atoms with Gasteiger partial charge >= 0.3 is 0 Å². The van der Waals surface area contributed by atoms with Gasteiger partial charge in [0.1, 0.15) is 16.5 Å². The first-order valence-electron chi connectivity index (χ1n) is 7.79. The van der Waals surface area contributed by atoms with E-state index in [9.17, 15) is 4.79 Å². The lowest BCUT2D eigenvalue weighted by Gasteiger charge is -2.07. The van der Waals surface area contributed by atoms with Crippen LogP contribution in [0.15, 0.2) is 65.0 Å². The van der Waals surface area contributed by atoms with Crippen molar-refractivity contribution < 1.29 is 9.21 Å². The molecule has 4 heterocycles. The van der Waals surface area contributed by atoms with Gasteiger partial charge in [0.2, 0.25) is 5.91 Å². The van der Waals surface area contributed by atoms with Gasteiger partial charge in [-0.3, -0.25) is 9.78 Å². The average Bonchev–Trinajstić information content (AvgIpc) is 3.36. The van der Waals surface area contributed by atoms with E-state index in [1.165, 1.54) is 11.3 Å². The largest absolute Gasteiger partial charge is 0.461 e. The van der Waals surface area contributed by atoms with E-state index in [-0.39, 0.29) is 12.3 Å². The Morgan fingerprint density at radius 1 is 1.19 bits per heavy atom. The van der Waals surface area contributed by atoms with E-state index < -0.39 is 0 Å². The highest BCUT2D eigenvalue weighted by Crippen LogP contribution is 2.26. The topological polar surface area (TPSA) is 93.8 Å². The molecule has 4 rings (SSSR count). The Morgan fingerprint density at radius 3 is 2.88 bits per heavy atom. The van der Waals surface area contributed by atoms with Gasteiger partial charge in [-0.25, -0.2) is 15.0 Å². The molecule has 8 heteroatoms. The third-order valence-electron chi connectivity index (χ3n) is 3.47. The highest BCUT2D eigenvalue weighted by Gasteiger charge is 2.14. The lowest BCUT2D eigenvalue weighted by molar-refractivity contribution is -0.115. The lowest BCUT2D eigenvalue weighted by Crippen LogP contribution is -2.16. The van der Waals surface area contributed by atoms with Crippen LogP contribution in [0.2, 0.25) is 0 Å². The molecule has 0 aliphatic heterocycles. The number of aromatic nitrogens is 4. The Kier molecular flexibility index (Phi) is 4.48. The molecule has 0 aliphatic rings. The summed E-state index contributed by atoms with van der Waals surface area (Å²) in [6.45, 7) is 0. The molecular formula is C18H13N5O2S. The van der Waals surface area contributed by atoms with Crippen molar-refractivity contribution >= 4 is 23.1 Å². The van der Waals surface area contributed by atoms with Gasteiger partial charge in [0.05, 0.1) is 12.7 Å². The van der Waals surface area contributed by atoms with Crippen LogP contribution in [0.25, 0.3) is 22.3 Å². The number of carbonyl (C=O) groups is 1. The van der Waals surface area contributed by atoms with Crippen LogP contribution in [0.4, 0.5) is 5.82 Å². The van der Waals surface area contributed by atoms with Gasteiger partial charge in [0.15, 0.2) is 11.6 Å². The van der Waals surface area contributed by atoms with Crippen molar-refractivity contribution in [2.75, 3.05) is 5.32 Å².